The Morgan fingerprint density at radius 3 is 2.50 bits per heavy atom. The van der Waals surface area contributed by atoms with Crippen LogP contribution in [0.15, 0.2) is 18.2 Å². The van der Waals surface area contributed by atoms with Crippen LogP contribution in [0.4, 0.5) is 0 Å². The summed E-state index contributed by atoms with van der Waals surface area (Å²) in [5.41, 5.74) is 0.546. The molecule has 0 fully saturated rings. The van der Waals surface area contributed by atoms with Gasteiger partial charge in [0.25, 0.3) is 11.8 Å². The minimum Gasteiger partial charge on any atom is -0.480 e. The lowest BCUT2D eigenvalue weighted by Crippen LogP contribution is -2.34. The summed E-state index contributed by atoms with van der Waals surface area (Å²) in [5, 5.41) is 8.60. The van der Waals surface area contributed by atoms with E-state index in [1.54, 1.807) is 18.2 Å². The van der Waals surface area contributed by atoms with Gasteiger partial charge in [0, 0.05) is 3.57 Å². The van der Waals surface area contributed by atoms with E-state index in [1.165, 1.54) is 0 Å². The Balaban J connectivity index is 2.44. The second-order valence-corrected chi connectivity index (χ2v) is 4.53. The second kappa shape index (κ2) is 3.85. The predicted molar refractivity (Wildman–Crippen MR) is 62.2 cm³/mol. The highest BCUT2D eigenvalue weighted by Gasteiger charge is 2.36. The number of carbonyl (C=O) groups is 3. The van der Waals surface area contributed by atoms with Crippen molar-refractivity contribution in [1.82, 2.24) is 4.90 Å². The lowest BCUT2D eigenvalue weighted by Gasteiger charge is -2.09. The highest BCUT2D eigenvalue weighted by Crippen LogP contribution is 2.24. The Hall–Kier alpha value is -1.44. The average Bonchev–Trinajstić information content (AvgIpc) is 2.43. The third-order valence-electron chi connectivity index (χ3n) is 2.23. The number of aliphatic carboxylic acids is 1. The number of carboxylic acid groups (broad SMARTS) is 1. The van der Waals surface area contributed by atoms with E-state index < -0.39 is 24.3 Å². The summed E-state index contributed by atoms with van der Waals surface area (Å²) in [5.74, 6) is -2.29. The molecule has 1 aromatic carbocycles. The van der Waals surface area contributed by atoms with Crippen LogP contribution in [0.25, 0.3) is 0 Å². The van der Waals surface area contributed by atoms with Crippen LogP contribution in [0.2, 0.25) is 0 Å². The van der Waals surface area contributed by atoms with Crippen LogP contribution in [-0.4, -0.2) is 34.3 Å². The number of hydrogen-bond acceptors (Lipinski definition) is 3. The van der Waals surface area contributed by atoms with Crippen LogP contribution in [0.3, 0.4) is 0 Å². The van der Waals surface area contributed by atoms with E-state index in [4.69, 9.17) is 5.11 Å². The third-order valence-corrected chi connectivity index (χ3v) is 2.90. The number of nitrogens with zero attached hydrogens (tertiary/aromatic N) is 1. The Labute approximate surface area is 104 Å². The molecule has 1 aliphatic heterocycles. The maximum atomic E-state index is 11.7. The van der Waals surface area contributed by atoms with E-state index >= 15 is 0 Å². The molecule has 1 aliphatic rings. The smallest absolute Gasteiger partial charge is 0.323 e. The Kier molecular flexibility index (Phi) is 2.66. The van der Waals surface area contributed by atoms with Gasteiger partial charge in [0.05, 0.1) is 11.1 Å². The van der Waals surface area contributed by atoms with Crippen molar-refractivity contribution >= 4 is 40.4 Å². The summed E-state index contributed by atoms with van der Waals surface area (Å²) in [4.78, 5) is 34.7. The minimum absolute atomic E-state index is 0.270. The molecule has 0 aromatic heterocycles. The number of carboxylic acids is 1. The van der Waals surface area contributed by atoms with Gasteiger partial charge >= 0.3 is 5.97 Å². The van der Waals surface area contributed by atoms with E-state index in [2.05, 4.69) is 0 Å². The van der Waals surface area contributed by atoms with Gasteiger partial charge in [-0.3, -0.25) is 19.3 Å². The first-order valence-corrected chi connectivity index (χ1v) is 5.46. The van der Waals surface area contributed by atoms with Gasteiger partial charge in [-0.1, -0.05) is 0 Å². The summed E-state index contributed by atoms with van der Waals surface area (Å²) in [6.07, 6.45) is 0. The third kappa shape index (κ3) is 1.69. The van der Waals surface area contributed by atoms with Crippen LogP contribution in [0, 0.1) is 3.57 Å². The van der Waals surface area contributed by atoms with Gasteiger partial charge in [0.2, 0.25) is 0 Å². The fourth-order valence-electron chi connectivity index (χ4n) is 1.54. The summed E-state index contributed by atoms with van der Waals surface area (Å²) in [6, 6.07) is 4.83. The van der Waals surface area contributed by atoms with Crippen molar-refractivity contribution in [2.24, 2.45) is 0 Å². The highest BCUT2D eigenvalue weighted by atomic mass is 127. The fraction of sp³-hybridized carbons (Fsp3) is 0.100. The molecular formula is C10H6INO4. The van der Waals surface area contributed by atoms with Gasteiger partial charge in [-0.25, -0.2) is 0 Å². The summed E-state index contributed by atoms with van der Waals surface area (Å²) < 4.78 is 0.828. The van der Waals surface area contributed by atoms with Gasteiger partial charge in [0.15, 0.2) is 0 Å². The quantitative estimate of drug-likeness (QED) is 0.647. The van der Waals surface area contributed by atoms with Crippen LogP contribution in [-0.2, 0) is 4.79 Å². The van der Waals surface area contributed by atoms with Crippen molar-refractivity contribution in [3.05, 3.63) is 32.9 Å². The van der Waals surface area contributed by atoms with Gasteiger partial charge in [0.1, 0.15) is 6.54 Å². The molecule has 0 saturated carbocycles. The van der Waals surface area contributed by atoms with Crippen LogP contribution in [0.1, 0.15) is 20.7 Å². The molecule has 0 saturated heterocycles. The van der Waals surface area contributed by atoms with E-state index in [1.807, 2.05) is 22.6 Å². The lowest BCUT2D eigenvalue weighted by atomic mass is 10.1. The molecule has 16 heavy (non-hydrogen) atoms. The normalized spacial score (nSPS) is 14.2. The van der Waals surface area contributed by atoms with Crippen LogP contribution >= 0.6 is 22.6 Å². The summed E-state index contributed by atoms with van der Waals surface area (Å²) in [6.45, 7) is -0.594. The number of benzene rings is 1. The van der Waals surface area contributed by atoms with E-state index in [0.717, 1.165) is 8.47 Å². The van der Waals surface area contributed by atoms with Crippen LogP contribution in [0.5, 0.6) is 0 Å². The predicted octanol–water partition coefficient (Wildman–Crippen LogP) is 0.972. The molecule has 2 amide bonds. The monoisotopic (exact) mass is 331 g/mol. The maximum absolute atomic E-state index is 11.7. The fourth-order valence-corrected chi connectivity index (χ4v) is 2.03. The SMILES string of the molecule is O=C(O)CN1C(=O)c2ccc(I)cc2C1=O. The molecule has 0 aliphatic carbocycles. The largest absolute Gasteiger partial charge is 0.480 e. The zero-order chi connectivity index (χ0) is 11.9. The molecule has 1 aromatic rings. The Morgan fingerprint density at radius 1 is 1.25 bits per heavy atom. The molecule has 82 valence electrons. The molecule has 6 heteroatoms. The van der Waals surface area contributed by atoms with Crippen molar-refractivity contribution < 1.29 is 19.5 Å². The van der Waals surface area contributed by atoms with Gasteiger partial charge in [-0.2, -0.15) is 0 Å². The molecule has 0 spiro atoms. The number of imide groups is 1. The standard InChI is InChI=1S/C10H6INO4/c11-5-1-2-6-7(3-5)10(16)12(9(6)15)4-8(13)14/h1-3H,4H2,(H,13,14). The zero-order valence-electron chi connectivity index (χ0n) is 7.94. The number of halogens is 1. The second-order valence-electron chi connectivity index (χ2n) is 3.28. The van der Waals surface area contributed by atoms with E-state index in [0.29, 0.717) is 0 Å². The molecule has 2 rings (SSSR count). The highest BCUT2D eigenvalue weighted by molar-refractivity contribution is 14.1. The molecule has 0 atom stereocenters. The first-order valence-electron chi connectivity index (χ1n) is 4.38. The molecule has 1 N–H and O–H groups in total. The average molecular weight is 331 g/mol. The van der Waals surface area contributed by atoms with Gasteiger partial charge in [-0.05, 0) is 40.8 Å². The van der Waals surface area contributed by atoms with Crippen molar-refractivity contribution in [2.75, 3.05) is 6.54 Å². The van der Waals surface area contributed by atoms with E-state index in [-0.39, 0.29) is 11.1 Å². The first-order chi connectivity index (χ1) is 7.50. The number of fused-ring (bicyclic) bond motifs is 1. The van der Waals surface area contributed by atoms with Gasteiger partial charge in [-0.15, -0.1) is 0 Å². The minimum atomic E-state index is -1.20. The molecule has 0 radical (unpaired) electrons. The topological polar surface area (TPSA) is 74.7 Å². The van der Waals surface area contributed by atoms with Crippen molar-refractivity contribution in [2.45, 2.75) is 0 Å². The van der Waals surface area contributed by atoms with E-state index in [9.17, 15) is 14.4 Å². The summed E-state index contributed by atoms with van der Waals surface area (Å²) in [7, 11) is 0. The Morgan fingerprint density at radius 2 is 1.88 bits per heavy atom. The van der Waals surface area contributed by atoms with Crippen LogP contribution < -0.4 is 0 Å². The molecular weight excluding hydrogens is 325 g/mol. The first kappa shape index (κ1) is 11.1. The van der Waals surface area contributed by atoms with Crippen molar-refractivity contribution in [3.8, 4) is 0 Å². The summed E-state index contributed by atoms with van der Waals surface area (Å²) >= 11 is 2.02. The van der Waals surface area contributed by atoms with Crippen molar-refractivity contribution in [1.29, 1.82) is 0 Å². The molecule has 0 bridgehead atoms. The lowest BCUT2D eigenvalue weighted by molar-refractivity contribution is -0.137. The van der Waals surface area contributed by atoms with Gasteiger partial charge < -0.3 is 5.11 Å². The number of hydrogen-bond donors (Lipinski definition) is 1. The molecule has 5 nitrogen and oxygen atoms in total. The number of rotatable bonds is 2. The molecule has 0 unspecified atom stereocenters. The molecule has 1 heterocycles. The Bertz CT molecular complexity index is 512. The zero-order valence-corrected chi connectivity index (χ0v) is 10.1. The van der Waals surface area contributed by atoms with Crippen molar-refractivity contribution in [3.63, 3.8) is 0 Å². The maximum Gasteiger partial charge on any atom is 0.323 e. The number of amides is 2. The number of carbonyl (C=O) groups excluding carboxylic acids is 2.